The van der Waals surface area contributed by atoms with Crippen LogP contribution in [0.5, 0.6) is 0 Å². The lowest BCUT2D eigenvalue weighted by atomic mass is 9.89. The number of carbonyl (C=O) groups is 2. The van der Waals surface area contributed by atoms with Gasteiger partial charge in [0.2, 0.25) is 5.91 Å². The van der Waals surface area contributed by atoms with E-state index >= 15 is 0 Å². The van der Waals surface area contributed by atoms with Gasteiger partial charge in [-0.05, 0) is 25.7 Å². The van der Waals surface area contributed by atoms with Crippen molar-refractivity contribution in [3.63, 3.8) is 0 Å². The molecule has 2 heterocycles. The Morgan fingerprint density at radius 1 is 1.42 bits per heavy atom. The number of carboxylic acids is 1. The van der Waals surface area contributed by atoms with Crippen LogP contribution in [0.1, 0.15) is 26.7 Å². The van der Waals surface area contributed by atoms with Crippen LogP contribution in [0.2, 0.25) is 0 Å². The Kier molecular flexibility index (Phi) is 3.82. The highest BCUT2D eigenvalue weighted by atomic mass is 16.4. The van der Waals surface area contributed by atoms with E-state index in [-0.39, 0.29) is 31.0 Å². The summed E-state index contributed by atoms with van der Waals surface area (Å²) in [4.78, 5) is 26.2. The highest BCUT2D eigenvalue weighted by Crippen LogP contribution is 2.41. The van der Waals surface area contributed by atoms with Crippen LogP contribution in [0.25, 0.3) is 0 Å². The monoisotopic (exact) mass is 270 g/mol. The minimum atomic E-state index is -0.866. The summed E-state index contributed by atoms with van der Waals surface area (Å²) in [6.07, 6.45) is 1.53. The average Bonchev–Trinajstić information content (AvgIpc) is 2.62. The van der Waals surface area contributed by atoms with Gasteiger partial charge in [-0.3, -0.25) is 14.5 Å². The number of hydrogen-bond donors (Lipinski definition) is 2. The molecule has 0 radical (unpaired) electrons. The molecule has 0 aromatic heterocycles. The van der Waals surface area contributed by atoms with Crippen molar-refractivity contribution in [2.45, 2.75) is 38.3 Å². The number of carbonyl (C=O) groups excluding carboxylic acids is 1. The zero-order chi connectivity index (χ0) is 14.2. The van der Waals surface area contributed by atoms with Crippen molar-refractivity contribution in [2.75, 3.05) is 26.2 Å². The molecule has 2 aliphatic heterocycles. The van der Waals surface area contributed by atoms with Crippen molar-refractivity contribution in [1.29, 1.82) is 0 Å². The summed E-state index contributed by atoms with van der Waals surface area (Å²) in [7, 11) is 0. The number of fused-ring (bicyclic) bond motifs is 1. The summed E-state index contributed by atoms with van der Waals surface area (Å²) in [5.41, 5.74) is -0.486. The first-order valence-corrected chi connectivity index (χ1v) is 6.72. The zero-order valence-electron chi connectivity index (χ0n) is 11.5. The van der Waals surface area contributed by atoms with Gasteiger partial charge in [0.25, 0.3) is 0 Å². The van der Waals surface area contributed by atoms with Crippen LogP contribution in [0.15, 0.2) is 0 Å². The van der Waals surface area contributed by atoms with Gasteiger partial charge < -0.3 is 15.1 Å². The van der Waals surface area contributed by atoms with Crippen LogP contribution < -0.4 is 0 Å². The first-order chi connectivity index (χ1) is 8.87. The molecule has 2 rings (SSSR count). The number of nitrogens with zero attached hydrogens (tertiary/aromatic N) is 2. The average molecular weight is 270 g/mol. The molecule has 19 heavy (non-hydrogen) atoms. The maximum Gasteiger partial charge on any atom is 0.317 e. The summed E-state index contributed by atoms with van der Waals surface area (Å²) in [5.74, 6) is -0.538. The van der Waals surface area contributed by atoms with E-state index in [1.165, 1.54) is 0 Å². The molecule has 108 valence electrons. The molecule has 2 saturated heterocycles. The van der Waals surface area contributed by atoms with Crippen molar-refractivity contribution in [2.24, 2.45) is 5.92 Å². The van der Waals surface area contributed by atoms with E-state index < -0.39 is 11.5 Å². The van der Waals surface area contributed by atoms with Crippen LogP contribution in [0, 0.1) is 5.92 Å². The lowest BCUT2D eigenvalue weighted by molar-refractivity contribution is -0.141. The van der Waals surface area contributed by atoms with Gasteiger partial charge in [0.1, 0.15) is 0 Å². The van der Waals surface area contributed by atoms with Crippen LogP contribution in [0.4, 0.5) is 0 Å². The minimum absolute atomic E-state index is 0.0434. The number of aliphatic hydroxyl groups is 1. The standard InChI is InChI=1S/C13H22N2O4/c1-9(17)14-4-3-11-10(6-14)5-13(2,8-16)15(11)7-12(18)19/h10-11,16H,3-8H2,1-2H3,(H,18,19)/t10-,11-,13+/m0/s1. The van der Waals surface area contributed by atoms with Gasteiger partial charge in [-0.15, -0.1) is 0 Å². The number of piperidine rings is 1. The number of amides is 1. The van der Waals surface area contributed by atoms with Gasteiger partial charge in [-0.25, -0.2) is 0 Å². The lowest BCUT2D eigenvalue weighted by Crippen LogP contribution is -2.53. The molecule has 0 aliphatic carbocycles. The van der Waals surface area contributed by atoms with Crippen molar-refractivity contribution >= 4 is 11.9 Å². The Bertz CT molecular complexity index is 387. The first kappa shape index (κ1) is 14.3. The molecule has 2 fully saturated rings. The van der Waals surface area contributed by atoms with Gasteiger partial charge in [0, 0.05) is 31.6 Å². The molecule has 1 amide bonds. The van der Waals surface area contributed by atoms with Crippen molar-refractivity contribution in [1.82, 2.24) is 9.80 Å². The Labute approximate surface area is 113 Å². The molecular formula is C13H22N2O4. The molecule has 0 aromatic carbocycles. The van der Waals surface area contributed by atoms with Crippen molar-refractivity contribution < 1.29 is 19.8 Å². The van der Waals surface area contributed by atoms with E-state index in [1.54, 1.807) is 6.92 Å². The molecule has 0 unspecified atom stereocenters. The number of carboxylic acid groups (broad SMARTS) is 1. The van der Waals surface area contributed by atoms with E-state index in [0.717, 1.165) is 12.8 Å². The smallest absolute Gasteiger partial charge is 0.317 e. The largest absolute Gasteiger partial charge is 0.480 e. The topological polar surface area (TPSA) is 81.1 Å². The Hall–Kier alpha value is -1.14. The fraction of sp³-hybridized carbons (Fsp3) is 0.846. The lowest BCUT2D eigenvalue weighted by Gasteiger charge is -2.39. The molecule has 6 nitrogen and oxygen atoms in total. The zero-order valence-corrected chi connectivity index (χ0v) is 11.5. The molecule has 0 saturated carbocycles. The maximum absolute atomic E-state index is 11.4. The van der Waals surface area contributed by atoms with Crippen LogP contribution in [-0.2, 0) is 9.59 Å². The summed E-state index contributed by atoms with van der Waals surface area (Å²) in [6.45, 7) is 4.73. The maximum atomic E-state index is 11.4. The Morgan fingerprint density at radius 3 is 2.63 bits per heavy atom. The van der Waals surface area contributed by atoms with Gasteiger partial charge in [0.15, 0.2) is 0 Å². The van der Waals surface area contributed by atoms with Crippen LogP contribution in [-0.4, -0.2) is 69.7 Å². The molecule has 3 atom stereocenters. The molecule has 2 aliphatic rings. The third kappa shape index (κ3) is 2.60. The predicted octanol–water partition coefficient (Wildman–Crippen LogP) is -0.235. The second-order valence-corrected chi connectivity index (χ2v) is 5.96. The van der Waals surface area contributed by atoms with Crippen molar-refractivity contribution in [3.05, 3.63) is 0 Å². The fourth-order valence-corrected chi connectivity index (χ4v) is 3.61. The van der Waals surface area contributed by atoms with Gasteiger partial charge >= 0.3 is 5.97 Å². The number of likely N-dealkylation sites (tertiary alicyclic amines) is 2. The Morgan fingerprint density at radius 2 is 2.11 bits per heavy atom. The Balaban J connectivity index is 2.16. The highest BCUT2D eigenvalue weighted by Gasteiger charge is 2.50. The summed E-state index contributed by atoms with van der Waals surface area (Å²) in [6, 6.07) is 0.156. The molecule has 0 aromatic rings. The molecule has 0 bridgehead atoms. The number of rotatable bonds is 3. The molecule has 6 heteroatoms. The van der Waals surface area contributed by atoms with E-state index in [2.05, 4.69) is 0 Å². The molecular weight excluding hydrogens is 248 g/mol. The van der Waals surface area contributed by atoms with E-state index in [4.69, 9.17) is 5.11 Å². The van der Waals surface area contributed by atoms with E-state index in [1.807, 2.05) is 16.7 Å². The van der Waals surface area contributed by atoms with Gasteiger partial charge in [0.05, 0.1) is 13.2 Å². The summed E-state index contributed by atoms with van der Waals surface area (Å²) < 4.78 is 0. The second kappa shape index (κ2) is 5.09. The fourth-order valence-electron chi connectivity index (χ4n) is 3.61. The van der Waals surface area contributed by atoms with Crippen LogP contribution >= 0.6 is 0 Å². The van der Waals surface area contributed by atoms with Gasteiger partial charge in [-0.1, -0.05) is 0 Å². The third-order valence-corrected chi connectivity index (χ3v) is 4.58. The predicted molar refractivity (Wildman–Crippen MR) is 68.6 cm³/mol. The summed E-state index contributed by atoms with van der Waals surface area (Å²) in [5, 5.41) is 18.7. The quantitative estimate of drug-likeness (QED) is 0.740. The normalized spacial score (nSPS) is 35.2. The van der Waals surface area contributed by atoms with Gasteiger partial charge in [-0.2, -0.15) is 0 Å². The number of aliphatic hydroxyl groups excluding tert-OH is 1. The minimum Gasteiger partial charge on any atom is -0.480 e. The number of aliphatic carboxylic acids is 1. The van der Waals surface area contributed by atoms with E-state index in [9.17, 15) is 14.7 Å². The third-order valence-electron chi connectivity index (χ3n) is 4.58. The van der Waals surface area contributed by atoms with Crippen LogP contribution in [0.3, 0.4) is 0 Å². The highest BCUT2D eigenvalue weighted by molar-refractivity contribution is 5.73. The number of hydrogen-bond acceptors (Lipinski definition) is 4. The first-order valence-electron chi connectivity index (χ1n) is 6.72. The molecule has 0 spiro atoms. The molecule has 2 N–H and O–H groups in total. The SMILES string of the molecule is CC(=O)N1CC[C@H]2[C@H](C1)C[C@](C)(CO)N2CC(=O)O. The van der Waals surface area contributed by atoms with Crippen molar-refractivity contribution in [3.8, 4) is 0 Å². The summed E-state index contributed by atoms with van der Waals surface area (Å²) >= 11 is 0. The second-order valence-electron chi connectivity index (χ2n) is 5.96. The van der Waals surface area contributed by atoms with E-state index in [0.29, 0.717) is 13.1 Å².